The van der Waals surface area contributed by atoms with Crippen LogP contribution < -0.4 is 0 Å². The molecule has 0 aliphatic heterocycles. The Morgan fingerprint density at radius 1 is 0.968 bits per heavy atom. The third-order valence-corrected chi connectivity index (χ3v) is 11.3. The van der Waals surface area contributed by atoms with E-state index in [9.17, 15) is 20.1 Å². The Balaban J connectivity index is 1.61. The molecule has 0 heterocycles. The summed E-state index contributed by atoms with van der Waals surface area (Å²) in [5.41, 5.74) is 0.460. The summed E-state index contributed by atoms with van der Waals surface area (Å²) in [6, 6.07) is 0. The predicted molar refractivity (Wildman–Crippen MR) is 122 cm³/mol. The molecule has 4 aliphatic carbocycles. The van der Waals surface area contributed by atoms with Crippen LogP contribution in [0.4, 0.5) is 0 Å². The van der Waals surface area contributed by atoms with E-state index in [0.29, 0.717) is 41.4 Å². The molecule has 0 amide bonds. The van der Waals surface area contributed by atoms with Gasteiger partial charge in [0.05, 0.1) is 18.1 Å². The second kappa shape index (κ2) is 8.31. The van der Waals surface area contributed by atoms with Crippen LogP contribution in [0.2, 0.25) is 0 Å². The molecule has 0 spiro atoms. The van der Waals surface area contributed by atoms with Gasteiger partial charge in [0.15, 0.2) is 0 Å². The first kappa shape index (κ1) is 23.5. The number of carbonyl (C=O) groups is 1. The summed E-state index contributed by atoms with van der Waals surface area (Å²) in [5, 5.41) is 31.6. The second-order valence-electron chi connectivity index (χ2n) is 12.6. The maximum Gasteiger partial charge on any atom is 0.306 e. The van der Waals surface area contributed by atoms with Gasteiger partial charge in [0.2, 0.25) is 0 Å². The highest BCUT2D eigenvalue weighted by Crippen LogP contribution is 2.69. The predicted octanol–water partition coefficient (Wildman–Crippen LogP) is 5.36. The summed E-state index contributed by atoms with van der Waals surface area (Å²) in [6.45, 7) is 11.3. The molecule has 3 N–H and O–H groups in total. The molecular formula is C27H46O4. The zero-order chi connectivity index (χ0) is 22.7. The first-order chi connectivity index (χ1) is 14.5. The van der Waals surface area contributed by atoms with Crippen LogP contribution in [0.25, 0.3) is 0 Å². The van der Waals surface area contributed by atoms with E-state index in [1.54, 1.807) is 0 Å². The molecule has 4 fully saturated rings. The molecular weight excluding hydrogens is 388 g/mol. The van der Waals surface area contributed by atoms with Gasteiger partial charge in [-0.05, 0) is 104 Å². The first-order valence-corrected chi connectivity index (χ1v) is 13.1. The molecule has 0 bridgehead atoms. The van der Waals surface area contributed by atoms with Gasteiger partial charge in [0, 0.05) is 0 Å². The fourth-order valence-corrected chi connectivity index (χ4v) is 9.76. The largest absolute Gasteiger partial charge is 0.481 e. The van der Waals surface area contributed by atoms with E-state index in [2.05, 4.69) is 27.7 Å². The van der Waals surface area contributed by atoms with Gasteiger partial charge in [-0.1, -0.05) is 41.0 Å². The highest BCUT2D eigenvalue weighted by atomic mass is 16.4. The van der Waals surface area contributed by atoms with Gasteiger partial charge in [-0.3, -0.25) is 4.79 Å². The van der Waals surface area contributed by atoms with Crippen molar-refractivity contribution < 1.29 is 20.1 Å². The summed E-state index contributed by atoms with van der Waals surface area (Å²) >= 11 is 0. The third kappa shape index (κ3) is 3.59. The first-order valence-electron chi connectivity index (χ1n) is 13.1. The Kier molecular flexibility index (Phi) is 6.31. The van der Waals surface area contributed by atoms with E-state index in [1.165, 1.54) is 25.7 Å². The van der Waals surface area contributed by atoms with Crippen molar-refractivity contribution in [3.63, 3.8) is 0 Å². The quantitative estimate of drug-likeness (QED) is 0.544. The maximum absolute atomic E-state index is 11.7. The molecule has 1 unspecified atom stereocenters. The van der Waals surface area contributed by atoms with Crippen LogP contribution in [0.3, 0.4) is 0 Å². The van der Waals surface area contributed by atoms with Crippen LogP contribution >= 0.6 is 0 Å². The minimum atomic E-state index is -0.679. The zero-order valence-electron chi connectivity index (χ0n) is 20.4. The molecule has 0 radical (unpaired) electrons. The number of fused-ring (bicyclic) bond motifs is 5. The fourth-order valence-electron chi connectivity index (χ4n) is 9.76. The molecule has 0 aromatic carbocycles. The number of aliphatic hydroxyl groups is 2. The van der Waals surface area contributed by atoms with Gasteiger partial charge < -0.3 is 15.3 Å². The number of carboxylic acid groups (broad SMARTS) is 1. The molecule has 4 rings (SSSR count). The Morgan fingerprint density at radius 3 is 2.26 bits per heavy atom. The normalized spacial score (nSPS) is 51.3. The van der Waals surface area contributed by atoms with Crippen molar-refractivity contribution in [1.29, 1.82) is 0 Å². The van der Waals surface area contributed by atoms with E-state index < -0.39 is 5.97 Å². The molecule has 4 heteroatoms. The SMILES string of the molecule is CCC1[C@@H](O)[C@@H]2[C@H](CC[C@]3(C)[C@@H]([C@H](C)C[C@@H](C)C(=O)O)CC[C@@H]23)[C@@]2(C)CC[C@@H](O)C[C@@H]12. The highest BCUT2D eigenvalue weighted by molar-refractivity contribution is 5.69. The summed E-state index contributed by atoms with van der Waals surface area (Å²) in [6.07, 6.45) is 8.95. The monoisotopic (exact) mass is 434 g/mol. The summed E-state index contributed by atoms with van der Waals surface area (Å²) in [7, 11) is 0. The molecule has 31 heavy (non-hydrogen) atoms. The van der Waals surface area contributed by atoms with Crippen molar-refractivity contribution in [1.82, 2.24) is 0 Å². The number of hydrogen-bond donors (Lipinski definition) is 3. The lowest BCUT2D eigenvalue weighted by molar-refractivity contribution is -0.203. The van der Waals surface area contributed by atoms with Gasteiger partial charge in [0.1, 0.15) is 0 Å². The Labute approximate surface area is 189 Å². The lowest BCUT2D eigenvalue weighted by Crippen LogP contribution is -2.62. The van der Waals surface area contributed by atoms with Crippen LogP contribution in [0.5, 0.6) is 0 Å². The van der Waals surface area contributed by atoms with Gasteiger partial charge in [-0.2, -0.15) is 0 Å². The Morgan fingerprint density at radius 2 is 1.61 bits per heavy atom. The molecule has 0 saturated heterocycles. The highest BCUT2D eigenvalue weighted by Gasteiger charge is 2.64. The van der Waals surface area contributed by atoms with Gasteiger partial charge in [0.25, 0.3) is 0 Å². The van der Waals surface area contributed by atoms with Crippen molar-refractivity contribution >= 4 is 5.97 Å². The van der Waals surface area contributed by atoms with Crippen molar-refractivity contribution in [3.8, 4) is 0 Å². The lowest BCUT2D eigenvalue weighted by Gasteiger charge is -2.64. The molecule has 4 saturated carbocycles. The lowest BCUT2D eigenvalue weighted by atomic mass is 9.41. The van der Waals surface area contributed by atoms with Crippen LogP contribution in [-0.2, 0) is 4.79 Å². The van der Waals surface area contributed by atoms with Gasteiger partial charge in [-0.15, -0.1) is 0 Å². The van der Waals surface area contributed by atoms with E-state index in [-0.39, 0.29) is 29.0 Å². The van der Waals surface area contributed by atoms with E-state index in [4.69, 9.17) is 0 Å². The fraction of sp³-hybridized carbons (Fsp3) is 0.963. The van der Waals surface area contributed by atoms with Crippen molar-refractivity contribution in [2.45, 2.75) is 105 Å². The minimum Gasteiger partial charge on any atom is -0.481 e. The third-order valence-electron chi connectivity index (χ3n) is 11.3. The van der Waals surface area contributed by atoms with Crippen LogP contribution in [0.1, 0.15) is 92.4 Å². The van der Waals surface area contributed by atoms with Crippen LogP contribution in [0, 0.1) is 58.2 Å². The second-order valence-corrected chi connectivity index (χ2v) is 12.6. The summed E-state index contributed by atoms with van der Waals surface area (Å²) < 4.78 is 0. The molecule has 0 aromatic rings. The average Bonchev–Trinajstić information content (AvgIpc) is 3.06. The molecule has 178 valence electrons. The molecule has 4 nitrogen and oxygen atoms in total. The standard InChI is InChI=1S/C27H46O4/c1-6-18-22-14-17(28)9-11-27(22,5)21-10-12-26(4)19(15(2)13-16(3)25(30)31)7-8-20(26)23(21)24(18)29/h15-24,28-29H,6-14H2,1-5H3,(H,30,31)/t15-,16-,17-,18?,19-,20+,21+,22+,23+,24-,26-,27-/m1/s1. The topological polar surface area (TPSA) is 77.8 Å². The van der Waals surface area contributed by atoms with Gasteiger partial charge in [-0.25, -0.2) is 0 Å². The van der Waals surface area contributed by atoms with Crippen molar-refractivity contribution in [2.24, 2.45) is 58.2 Å². The van der Waals surface area contributed by atoms with Crippen molar-refractivity contribution in [2.75, 3.05) is 0 Å². The Hall–Kier alpha value is -0.610. The van der Waals surface area contributed by atoms with E-state index in [0.717, 1.165) is 32.1 Å². The van der Waals surface area contributed by atoms with Crippen molar-refractivity contribution in [3.05, 3.63) is 0 Å². The van der Waals surface area contributed by atoms with Crippen LogP contribution in [0.15, 0.2) is 0 Å². The molecule has 0 aromatic heterocycles. The number of aliphatic hydroxyl groups excluding tert-OH is 2. The summed E-state index contributed by atoms with van der Waals surface area (Å²) in [5.74, 6) is 2.23. The van der Waals surface area contributed by atoms with E-state index in [1.807, 2.05) is 6.92 Å². The number of carboxylic acids is 1. The van der Waals surface area contributed by atoms with E-state index >= 15 is 0 Å². The minimum absolute atomic E-state index is 0.197. The number of aliphatic carboxylic acids is 1. The molecule has 12 atom stereocenters. The smallest absolute Gasteiger partial charge is 0.306 e. The number of rotatable bonds is 5. The zero-order valence-corrected chi connectivity index (χ0v) is 20.4. The maximum atomic E-state index is 11.7. The number of hydrogen-bond acceptors (Lipinski definition) is 3. The Bertz CT molecular complexity index is 678. The summed E-state index contributed by atoms with van der Waals surface area (Å²) in [4.78, 5) is 11.5. The van der Waals surface area contributed by atoms with Gasteiger partial charge >= 0.3 is 5.97 Å². The molecule has 4 aliphatic rings. The van der Waals surface area contributed by atoms with Crippen LogP contribution in [-0.4, -0.2) is 33.5 Å². The average molecular weight is 435 g/mol.